The van der Waals surface area contributed by atoms with Crippen LogP contribution in [-0.4, -0.2) is 78.5 Å². The molecule has 0 aliphatic carbocycles. The number of carbonyl (C=O) groups excluding carboxylic acids is 3. The summed E-state index contributed by atoms with van der Waals surface area (Å²) >= 11 is 3.43. The van der Waals surface area contributed by atoms with Gasteiger partial charge in [0.2, 0.25) is 0 Å². The van der Waals surface area contributed by atoms with E-state index in [-0.39, 0.29) is 36.6 Å². The zero-order valence-corrected chi connectivity index (χ0v) is 22.7. The molecule has 1 atom stereocenters. The summed E-state index contributed by atoms with van der Waals surface area (Å²) in [6, 6.07) is 14.7. The Balaban J connectivity index is 1.47. The number of aliphatic hydroxyl groups is 1. The Kier molecular flexibility index (Phi) is 9.71. The van der Waals surface area contributed by atoms with Crippen molar-refractivity contribution in [2.45, 2.75) is 32.2 Å². The Morgan fingerprint density at radius 1 is 1.00 bits per heavy atom. The van der Waals surface area contributed by atoms with Crippen molar-refractivity contribution in [1.29, 1.82) is 0 Å². The number of hydrogen-bond acceptors (Lipinski definition) is 5. The van der Waals surface area contributed by atoms with Crippen LogP contribution in [0.3, 0.4) is 0 Å². The number of likely N-dealkylation sites (tertiary alicyclic amines) is 1. The second-order valence-corrected chi connectivity index (χ2v) is 10.7. The van der Waals surface area contributed by atoms with Crippen molar-refractivity contribution in [2.75, 3.05) is 50.8 Å². The third-order valence-electron chi connectivity index (χ3n) is 7.04. The molecule has 0 radical (unpaired) electrons. The van der Waals surface area contributed by atoms with E-state index in [1.54, 1.807) is 15.9 Å². The summed E-state index contributed by atoms with van der Waals surface area (Å²) in [5.41, 5.74) is 2.05. The van der Waals surface area contributed by atoms with Crippen LogP contribution in [0.1, 0.15) is 41.6 Å². The number of hydrogen-bond donors (Lipinski definition) is 2. The second-order valence-electron chi connectivity index (χ2n) is 9.83. The number of piperidine rings is 1. The van der Waals surface area contributed by atoms with Crippen LogP contribution in [0, 0.1) is 5.92 Å². The van der Waals surface area contributed by atoms with Gasteiger partial charge in [-0.15, -0.1) is 0 Å². The lowest BCUT2D eigenvalue weighted by Crippen LogP contribution is -2.53. The third-order valence-corrected chi connectivity index (χ3v) is 7.57. The molecular formula is C28H35BrN4O4. The fourth-order valence-electron chi connectivity index (χ4n) is 5.13. The maximum Gasteiger partial charge on any atom is 0.324 e. The maximum absolute atomic E-state index is 13.5. The van der Waals surface area contributed by atoms with Crippen molar-refractivity contribution >= 4 is 39.3 Å². The summed E-state index contributed by atoms with van der Waals surface area (Å²) in [7, 11) is 0. The molecule has 3 amide bonds. The highest BCUT2D eigenvalue weighted by Crippen LogP contribution is 2.27. The number of aliphatic hydroxyl groups excluding tert-OH is 1. The third kappa shape index (κ3) is 7.40. The van der Waals surface area contributed by atoms with E-state index < -0.39 is 6.61 Å². The lowest BCUT2D eigenvalue weighted by atomic mass is 9.97. The Morgan fingerprint density at radius 3 is 2.46 bits per heavy atom. The molecule has 2 N–H and O–H groups in total. The minimum atomic E-state index is -0.511. The van der Waals surface area contributed by atoms with Crippen LogP contribution in [0.25, 0.3) is 0 Å². The van der Waals surface area contributed by atoms with Gasteiger partial charge in [-0.2, -0.15) is 0 Å². The molecule has 0 spiro atoms. The molecule has 2 aliphatic heterocycles. The first-order valence-corrected chi connectivity index (χ1v) is 13.8. The van der Waals surface area contributed by atoms with Gasteiger partial charge in [-0.05, 0) is 61.8 Å². The van der Waals surface area contributed by atoms with Gasteiger partial charge in [0, 0.05) is 60.8 Å². The van der Waals surface area contributed by atoms with Crippen molar-refractivity contribution < 1.29 is 19.5 Å². The Hall–Kier alpha value is -2.75. The largest absolute Gasteiger partial charge is 0.389 e. The molecule has 2 saturated heterocycles. The molecule has 2 fully saturated rings. The molecule has 2 aromatic rings. The predicted molar refractivity (Wildman–Crippen MR) is 147 cm³/mol. The first-order valence-electron chi connectivity index (χ1n) is 13.0. The van der Waals surface area contributed by atoms with Crippen LogP contribution in [0.2, 0.25) is 0 Å². The predicted octanol–water partition coefficient (Wildman–Crippen LogP) is 3.67. The standard InChI is InChI=1S/C28H35BrN4O4/c29-23-8-10-24(11-9-23)33-18-21(16-25(35)20-34)17-32(28(33)37)19-22-6-2-3-7-26(22)27(36)30-12-15-31-13-4-1-5-14-31/h2-3,6-11,21,34H,1,4-5,12-20H2,(H,30,36). The van der Waals surface area contributed by atoms with Gasteiger partial charge in [-0.3, -0.25) is 14.5 Å². The SMILES string of the molecule is O=C(CO)CC1CN(Cc2ccccc2C(=O)NCCN2CCCCC2)C(=O)N(c2ccc(Br)cc2)C1. The minimum Gasteiger partial charge on any atom is -0.389 e. The van der Waals surface area contributed by atoms with Crippen LogP contribution in [-0.2, 0) is 11.3 Å². The van der Waals surface area contributed by atoms with Crippen molar-refractivity contribution in [2.24, 2.45) is 5.92 Å². The molecule has 37 heavy (non-hydrogen) atoms. The summed E-state index contributed by atoms with van der Waals surface area (Å²) in [4.78, 5) is 44.4. The highest BCUT2D eigenvalue weighted by molar-refractivity contribution is 9.10. The molecule has 8 nitrogen and oxygen atoms in total. The number of urea groups is 1. The molecular weight excluding hydrogens is 536 g/mol. The van der Waals surface area contributed by atoms with Crippen LogP contribution in [0.4, 0.5) is 10.5 Å². The fourth-order valence-corrected chi connectivity index (χ4v) is 5.39. The molecule has 4 rings (SSSR count). The number of carbonyl (C=O) groups is 3. The topological polar surface area (TPSA) is 93.2 Å². The molecule has 1 unspecified atom stereocenters. The van der Waals surface area contributed by atoms with Gasteiger partial charge >= 0.3 is 6.03 Å². The number of nitrogens with one attached hydrogen (secondary N) is 1. The Bertz CT molecular complexity index is 1090. The number of ketones is 1. The summed E-state index contributed by atoms with van der Waals surface area (Å²) in [5, 5.41) is 12.3. The van der Waals surface area contributed by atoms with Crippen LogP contribution >= 0.6 is 15.9 Å². The average molecular weight is 572 g/mol. The molecule has 0 saturated carbocycles. The van der Waals surface area contributed by atoms with Crippen molar-refractivity contribution in [3.63, 3.8) is 0 Å². The zero-order valence-electron chi connectivity index (χ0n) is 21.1. The normalized spacial score (nSPS) is 18.6. The molecule has 0 bridgehead atoms. The summed E-state index contributed by atoms with van der Waals surface area (Å²) in [6.45, 7) is 4.09. The highest BCUT2D eigenvalue weighted by atomic mass is 79.9. The second kappa shape index (κ2) is 13.2. The van der Waals surface area contributed by atoms with E-state index in [0.717, 1.165) is 35.4 Å². The molecule has 2 aromatic carbocycles. The molecule has 2 heterocycles. The zero-order chi connectivity index (χ0) is 26.2. The summed E-state index contributed by atoms with van der Waals surface area (Å²) in [5.74, 6) is -0.524. The quantitative estimate of drug-likeness (QED) is 0.454. The van der Waals surface area contributed by atoms with Gasteiger partial charge in [0.05, 0.1) is 0 Å². The first-order chi connectivity index (χ1) is 17.9. The number of halogens is 1. The lowest BCUT2D eigenvalue weighted by molar-refractivity contribution is -0.122. The highest BCUT2D eigenvalue weighted by Gasteiger charge is 2.34. The molecule has 198 valence electrons. The maximum atomic E-state index is 13.5. The molecule has 9 heteroatoms. The van der Waals surface area contributed by atoms with Gasteiger partial charge in [-0.1, -0.05) is 40.5 Å². The number of Topliss-reactive ketones (excluding diaryl/α,β-unsaturated/α-hetero) is 1. The van der Waals surface area contributed by atoms with Gasteiger partial charge in [0.1, 0.15) is 6.61 Å². The summed E-state index contributed by atoms with van der Waals surface area (Å²) < 4.78 is 0.907. The Labute approximate surface area is 226 Å². The Morgan fingerprint density at radius 2 is 1.73 bits per heavy atom. The van der Waals surface area contributed by atoms with Gasteiger partial charge < -0.3 is 20.2 Å². The monoisotopic (exact) mass is 570 g/mol. The van der Waals surface area contributed by atoms with Crippen LogP contribution in [0.5, 0.6) is 0 Å². The van der Waals surface area contributed by atoms with E-state index in [4.69, 9.17) is 0 Å². The van der Waals surface area contributed by atoms with Gasteiger partial charge in [0.25, 0.3) is 5.91 Å². The molecule has 0 aromatic heterocycles. The van der Waals surface area contributed by atoms with E-state index in [1.807, 2.05) is 42.5 Å². The van der Waals surface area contributed by atoms with Crippen molar-refractivity contribution in [1.82, 2.24) is 15.1 Å². The van der Waals surface area contributed by atoms with Crippen molar-refractivity contribution in [3.05, 3.63) is 64.1 Å². The van der Waals surface area contributed by atoms with Crippen LogP contribution in [0.15, 0.2) is 53.0 Å². The van der Waals surface area contributed by atoms with E-state index in [0.29, 0.717) is 25.2 Å². The number of benzene rings is 2. The van der Waals surface area contributed by atoms with E-state index in [9.17, 15) is 19.5 Å². The van der Waals surface area contributed by atoms with Crippen LogP contribution < -0.4 is 10.2 Å². The van der Waals surface area contributed by atoms with Gasteiger partial charge in [-0.25, -0.2) is 4.79 Å². The molecule has 2 aliphatic rings. The minimum absolute atomic E-state index is 0.133. The van der Waals surface area contributed by atoms with Gasteiger partial charge in [0.15, 0.2) is 5.78 Å². The number of rotatable bonds is 10. The first kappa shape index (κ1) is 27.3. The van der Waals surface area contributed by atoms with E-state index in [2.05, 4.69) is 26.1 Å². The number of anilines is 1. The van der Waals surface area contributed by atoms with E-state index >= 15 is 0 Å². The number of nitrogens with zero attached hydrogens (tertiary/aromatic N) is 3. The smallest absolute Gasteiger partial charge is 0.324 e. The van der Waals surface area contributed by atoms with Crippen molar-refractivity contribution in [3.8, 4) is 0 Å². The number of amides is 3. The summed E-state index contributed by atoms with van der Waals surface area (Å²) in [6.07, 6.45) is 3.89. The fraction of sp³-hybridized carbons (Fsp3) is 0.464. The van der Waals surface area contributed by atoms with E-state index in [1.165, 1.54) is 19.3 Å². The average Bonchev–Trinajstić information content (AvgIpc) is 2.91. The lowest BCUT2D eigenvalue weighted by Gasteiger charge is -2.40.